The van der Waals surface area contributed by atoms with E-state index in [-0.39, 0.29) is 0 Å². The van der Waals surface area contributed by atoms with Crippen LogP contribution in [0.25, 0.3) is 11.1 Å². The second-order valence-electron chi connectivity index (χ2n) is 4.25. The maximum atomic E-state index is 5.62. The normalized spacial score (nSPS) is 10.4. The van der Waals surface area contributed by atoms with Crippen molar-refractivity contribution in [3.8, 4) is 16.9 Å². The third-order valence-corrected chi connectivity index (χ3v) is 3.99. The highest BCUT2D eigenvalue weighted by molar-refractivity contribution is 14.1. The highest BCUT2D eigenvalue weighted by atomic mass is 127. The molecule has 0 aliphatic rings. The molecule has 0 amide bonds. The van der Waals surface area contributed by atoms with Gasteiger partial charge in [0.25, 0.3) is 0 Å². The van der Waals surface area contributed by atoms with Crippen LogP contribution < -0.4 is 4.74 Å². The van der Waals surface area contributed by atoms with Gasteiger partial charge in [-0.3, -0.25) is 0 Å². The molecule has 19 heavy (non-hydrogen) atoms. The van der Waals surface area contributed by atoms with Crippen LogP contribution in [0.3, 0.4) is 0 Å². The third-order valence-electron chi connectivity index (χ3n) is 2.84. The summed E-state index contributed by atoms with van der Waals surface area (Å²) >= 11 is 7.99. The molecular weight excluding hydrogens is 371 g/mol. The molecule has 0 N–H and O–H groups in total. The van der Waals surface area contributed by atoms with Crippen LogP contribution in [0.4, 0.5) is 0 Å². The van der Waals surface area contributed by atoms with Gasteiger partial charge in [0.15, 0.2) is 0 Å². The molecule has 2 aromatic carbocycles. The van der Waals surface area contributed by atoms with E-state index < -0.39 is 0 Å². The van der Waals surface area contributed by atoms with E-state index in [1.54, 1.807) is 0 Å². The molecule has 0 saturated heterocycles. The first-order chi connectivity index (χ1) is 9.33. The van der Waals surface area contributed by atoms with E-state index in [0.29, 0.717) is 12.5 Å². The fourth-order valence-corrected chi connectivity index (χ4v) is 2.39. The van der Waals surface area contributed by atoms with E-state index in [4.69, 9.17) is 16.3 Å². The average molecular weight is 387 g/mol. The lowest BCUT2D eigenvalue weighted by atomic mass is 10.0. The fraction of sp³-hybridized carbons (Fsp3) is 0.250. The number of halogens is 2. The van der Waals surface area contributed by atoms with Crippen molar-refractivity contribution in [1.29, 1.82) is 0 Å². The van der Waals surface area contributed by atoms with E-state index >= 15 is 0 Å². The summed E-state index contributed by atoms with van der Waals surface area (Å²) < 4.78 is 6.64. The molecule has 0 aromatic heterocycles. The van der Waals surface area contributed by atoms with Crippen molar-refractivity contribution in [2.24, 2.45) is 0 Å². The molecule has 100 valence electrons. The quantitative estimate of drug-likeness (QED) is 0.372. The maximum Gasteiger partial charge on any atom is 0.119 e. The Bertz CT molecular complexity index is 493. The molecule has 0 fully saturated rings. The summed E-state index contributed by atoms with van der Waals surface area (Å²) in [4.78, 5) is 0. The molecule has 0 aliphatic heterocycles. The van der Waals surface area contributed by atoms with E-state index in [9.17, 15) is 0 Å². The summed E-state index contributed by atoms with van der Waals surface area (Å²) in [5.41, 5.74) is 3.80. The maximum absolute atomic E-state index is 5.62. The molecule has 0 aliphatic carbocycles. The smallest absolute Gasteiger partial charge is 0.119 e. The number of alkyl halides is 2. The molecule has 0 spiro atoms. The van der Waals surface area contributed by atoms with Gasteiger partial charge in [0, 0.05) is 10.3 Å². The molecule has 0 saturated carbocycles. The molecule has 0 bridgehead atoms. The summed E-state index contributed by atoms with van der Waals surface area (Å²) in [6.45, 7) is 0.674. The molecule has 2 aromatic rings. The van der Waals surface area contributed by atoms with Crippen LogP contribution in [-0.2, 0) is 4.43 Å². The van der Waals surface area contributed by atoms with Crippen LogP contribution in [-0.4, -0.2) is 12.5 Å². The number of benzene rings is 2. The first kappa shape index (κ1) is 14.7. The summed E-state index contributed by atoms with van der Waals surface area (Å²) in [5.74, 6) is 1.54. The number of rotatable bonds is 6. The van der Waals surface area contributed by atoms with Crippen LogP contribution in [0.5, 0.6) is 5.75 Å². The highest BCUT2D eigenvalue weighted by Gasteiger charge is 1.99. The minimum absolute atomic E-state index is 0.640. The van der Waals surface area contributed by atoms with Crippen molar-refractivity contribution in [3.05, 3.63) is 54.1 Å². The van der Waals surface area contributed by atoms with E-state index in [1.807, 2.05) is 12.1 Å². The lowest BCUT2D eigenvalue weighted by molar-refractivity contribution is 0.318. The van der Waals surface area contributed by atoms with Crippen molar-refractivity contribution in [3.63, 3.8) is 0 Å². The average Bonchev–Trinajstić information content (AvgIpc) is 2.48. The Kier molecular flexibility index (Phi) is 5.98. The summed E-state index contributed by atoms with van der Waals surface area (Å²) in [7, 11) is 0. The Morgan fingerprint density at radius 1 is 0.895 bits per heavy atom. The fourth-order valence-electron chi connectivity index (χ4n) is 1.77. The van der Waals surface area contributed by atoms with Gasteiger partial charge in [0.2, 0.25) is 0 Å². The van der Waals surface area contributed by atoms with Crippen molar-refractivity contribution in [1.82, 2.24) is 0 Å². The van der Waals surface area contributed by atoms with Crippen molar-refractivity contribution in [2.45, 2.75) is 10.8 Å². The van der Waals surface area contributed by atoms with Gasteiger partial charge in [-0.05, 0) is 35.2 Å². The lowest BCUT2D eigenvalue weighted by Crippen LogP contribution is -1.97. The molecule has 1 nitrogen and oxygen atoms in total. The molecule has 0 atom stereocenters. The van der Waals surface area contributed by atoms with E-state index in [2.05, 4.69) is 59.0 Å². The standard InChI is InChI=1S/C16H16ClIO/c17-10-1-11-19-16-8-6-15(7-9-16)14-4-2-13(12-18)3-5-14/h2-9H,1,10-12H2. The van der Waals surface area contributed by atoms with Crippen molar-refractivity contribution < 1.29 is 4.74 Å². The lowest BCUT2D eigenvalue weighted by Gasteiger charge is -2.07. The Labute approximate surface area is 133 Å². The van der Waals surface area contributed by atoms with Gasteiger partial charge in [-0.1, -0.05) is 59.0 Å². The molecule has 0 radical (unpaired) electrons. The zero-order chi connectivity index (χ0) is 13.5. The van der Waals surface area contributed by atoms with Crippen LogP contribution in [0.2, 0.25) is 0 Å². The van der Waals surface area contributed by atoms with Crippen LogP contribution in [0, 0.1) is 0 Å². The largest absolute Gasteiger partial charge is 0.494 e. The molecule has 3 heteroatoms. The van der Waals surface area contributed by atoms with Crippen LogP contribution in [0.1, 0.15) is 12.0 Å². The second kappa shape index (κ2) is 7.75. The monoisotopic (exact) mass is 386 g/mol. The minimum atomic E-state index is 0.640. The minimum Gasteiger partial charge on any atom is -0.494 e. The van der Waals surface area contributed by atoms with Gasteiger partial charge in [-0.25, -0.2) is 0 Å². The number of hydrogen-bond acceptors (Lipinski definition) is 1. The predicted octanol–water partition coefficient (Wildman–Crippen LogP) is 5.30. The second-order valence-corrected chi connectivity index (χ2v) is 5.39. The van der Waals surface area contributed by atoms with E-state index in [0.717, 1.165) is 16.6 Å². The van der Waals surface area contributed by atoms with Crippen LogP contribution >= 0.6 is 34.2 Å². The Hall–Kier alpha value is -0.740. The Balaban J connectivity index is 2.04. The topological polar surface area (TPSA) is 9.23 Å². The third kappa shape index (κ3) is 4.39. The van der Waals surface area contributed by atoms with Gasteiger partial charge in [-0.2, -0.15) is 0 Å². The van der Waals surface area contributed by atoms with Gasteiger partial charge in [-0.15, -0.1) is 11.6 Å². The first-order valence-corrected chi connectivity index (χ1v) is 8.33. The SMILES string of the molecule is ClCCCOc1ccc(-c2ccc(CI)cc2)cc1. The first-order valence-electron chi connectivity index (χ1n) is 6.27. The van der Waals surface area contributed by atoms with Gasteiger partial charge in [0.1, 0.15) is 5.75 Å². The summed E-state index contributed by atoms with van der Waals surface area (Å²) in [6, 6.07) is 16.9. The predicted molar refractivity (Wildman–Crippen MR) is 90.4 cm³/mol. The Morgan fingerprint density at radius 2 is 1.47 bits per heavy atom. The van der Waals surface area contributed by atoms with E-state index in [1.165, 1.54) is 16.7 Å². The number of ether oxygens (including phenoxy) is 1. The molecule has 2 rings (SSSR count). The van der Waals surface area contributed by atoms with Crippen LogP contribution in [0.15, 0.2) is 48.5 Å². The van der Waals surface area contributed by atoms with Gasteiger partial charge >= 0.3 is 0 Å². The number of hydrogen-bond donors (Lipinski definition) is 0. The van der Waals surface area contributed by atoms with Gasteiger partial charge in [0.05, 0.1) is 6.61 Å². The zero-order valence-electron chi connectivity index (χ0n) is 10.6. The molecular formula is C16H16ClIO. The Morgan fingerprint density at radius 3 is 2.00 bits per heavy atom. The van der Waals surface area contributed by atoms with Crippen molar-refractivity contribution >= 4 is 34.2 Å². The van der Waals surface area contributed by atoms with Crippen molar-refractivity contribution in [2.75, 3.05) is 12.5 Å². The zero-order valence-corrected chi connectivity index (χ0v) is 13.5. The summed E-state index contributed by atoms with van der Waals surface area (Å²) in [5, 5.41) is 0. The molecule has 0 heterocycles. The summed E-state index contributed by atoms with van der Waals surface area (Å²) in [6.07, 6.45) is 0.876. The highest BCUT2D eigenvalue weighted by Crippen LogP contribution is 2.23. The van der Waals surface area contributed by atoms with Gasteiger partial charge < -0.3 is 4.74 Å². The molecule has 0 unspecified atom stereocenters.